The van der Waals surface area contributed by atoms with Crippen molar-refractivity contribution >= 4 is 34.8 Å². The highest BCUT2D eigenvalue weighted by molar-refractivity contribution is 6.48. The van der Waals surface area contributed by atoms with E-state index in [1.54, 1.807) is 12.1 Å². The number of nitriles is 1. The van der Waals surface area contributed by atoms with Crippen LogP contribution >= 0.6 is 34.8 Å². The summed E-state index contributed by atoms with van der Waals surface area (Å²) in [5.74, 6) is 0. The zero-order valence-corrected chi connectivity index (χ0v) is 13.6. The molecule has 2 aromatic rings. The van der Waals surface area contributed by atoms with Crippen LogP contribution in [0.1, 0.15) is 29.7 Å². The summed E-state index contributed by atoms with van der Waals surface area (Å²) < 4.78 is 0. The van der Waals surface area contributed by atoms with Gasteiger partial charge in [0.25, 0.3) is 0 Å². The minimum atomic E-state index is 0.0120. The average molecular weight is 340 g/mol. The second kappa shape index (κ2) is 7.15. The van der Waals surface area contributed by atoms with Crippen molar-refractivity contribution in [2.45, 2.75) is 19.5 Å². The normalized spacial score (nSPS) is 12.0. The first-order chi connectivity index (χ1) is 10.0. The van der Waals surface area contributed by atoms with Gasteiger partial charge in [0.15, 0.2) is 0 Å². The van der Waals surface area contributed by atoms with Gasteiger partial charge >= 0.3 is 0 Å². The molecule has 2 rings (SSSR count). The van der Waals surface area contributed by atoms with E-state index in [9.17, 15) is 0 Å². The van der Waals surface area contributed by atoms with Gasteiger partial charge in [-0.2, -0.15) is 5.26 Å². The van der Waals surface area contributed by atoms with Crippen LogP contribution in [0.25, 0.3) is 0 Å². The first kappa shape index (κ1) is 16.1. The molecular formula is C16H13Cl3N2. The first-order valence-electron chi connectivity index (χ1n) is 6.38. The van der Waals surface area contributed by atoms with Crippen molar-refractivity contribution in [1.82, 2.24) is 5.32 Å². The fourth-order valence-corrected chi connectivity index (χ4v) is 2.71. The third kappa shape index (κ3) is 3.90. The monoisotopic (exact) mass is 338 g/mol. The molecule has 0 radical (unpaired) electrons. The summed E-state index contributed by atoms with van der Waals surface area (Å²) in [6.07, 6.45) is 0. The molecule has 0 aliphatic heterocycles. The summed E-state index contributed by atoms with van der Waals surface area (Å²) in [6, 6.07) is 13.2. The van der Waals surface area contributed by atoms with Crippen molar-refractivity contribution in [3.8, 4) is 6.07 Å². The molecular weight excluding hydrogens is 327 g/mol. The van der Waals surface area contributed by atoms with Gasteiger partial charge in [0.05, 0.1) is 26.7 Å². The van der Waals surface area contributed by atoms with Crippen LogP contribution in [-0.2, 0) is 6.54 Å². The zero-order valence-electron chi connectivity index (χ0n) is 11.3. The molecule has 0 aromatic heterocycles. The fourth-order valence-electron chi connectivity index (χ4n) is 2.01. The van der Waals surface area contributed by atoms with Crippen molar-refractivity contribution in [2.24, 2.45) is 0 Å². The van der Waals surface area contributed by atoms with Crippen molar-refractivity contribution in [3.05, 3.63) is 68.2 Å². The highest BCUT2D eigenvalue weighted by Crippen LogP contribution is 2.35. The lowest BCUT2D eigenvalue weighted by molar-refractivity contribution is 0.575. The maximum Gasteiger partial charge on any atom is 0.0991 e. The number of hydrogen-bond donors (Lipinski definition) is 1. The molecule has 0 amide bonds. The van der Waals surface area contributed by atoms with E-state index in [1.165, 1.54) is 0 Å². The highest BCUT2D eigenvalue weighted by atomic mass is 35.5. The Kier molecular flexibility index (Phi) is 5.50. The smallest absolute Gasteiger partial charge is 0.0991 e. The SMILES string of the molecule is CC(NCc1cccc(C#N)c1)c1ccc(Cl)c(Cl)c1Cl. The van der Waals surface area contributed by atoms with Crippen LogP contribution in [0, 0.1) is 11.3 Å². The Morgan fingerprint density at radius 3 is 2.62 bits per heavy atom. The van der Waals surface area contributed by atoms with Crippen LogP contribution in [0.3, 0.4) is 0 Å². The van der Waals surface area contributed by atoms with Gasteiger partial charge in [-0.15, -0.1) is 0 Å². The van der Waals surface area contributed by atoms with Gasteiger partial charge in [-0.1, -0.05) is 53.0 Å². The van der Waals surface area contributed by atoms with Crippen LogP contribution in [0.4, 0.5) is 0 Å². The lowest BCUT2D eigenvalue weighted by Crippen LogP contribution is -2.18. The van der Waals surface area contributed by atoms with Gasteiger partial charge in [0.1, 0.15) is 0 Å². The minimum absolute atomic E-state index is 0.0120. The summed E-state index contributed by atoms with van der Waals surface area (Å²) in [6.45, 7) is 2.63. The number of hydrogen-bond acceptors (Lipinski definition) is 2. The van der Waals surface area contributed by atoms with Gasteiger partial charge < -0.3 is 5.32 Å². The van der Waals surface area contributed by atoms with E-state index >= 15 is 0 Å². The Morgan fingerprint density at radius 1 is 1.14 bits per heavy atom. The summed E-state index contributed by atoms with van der Waals surface area (Å²) in [5.41, 5.74) is 2.58. The number of nitrogens with zero attached hydrogens (tertiary/aromatic N) is 1. The van der Waals surface area contributed by atoms with Gasteiger partial charge in [-0.05, 0) is 36.2 Å². The van der Waals surface area contributed by atoms with Crippen LogP contribution in [-0.4, -0.2) is 0 Å². The Bertz CT molecular complexity index is 692. The van der Waals surface area contributed by atoms with E-state index in [0.717, 1.165) is 11.1 Å². The van der Waals surface area contributed by atoms with E-state index < -0.39 is 0 Å². The maximum atomic E-state index is 8.90. The molecule has 108 valence electrons. The summed E-state index contributed by atoms with van der Waals surface area (Å²) in [4.78, 5) is 0. The van der Waals surface area contributed by atoms with Gasteiger partial charge in [-0.25, -0.2) is 0 Å². The Labute approximate surface area is 139 Å². The quantitative estimate of drug-likeness (QED) is 0.760. The molecule has 0 bridgehead atoms. The third-order valence-electron chi connectivity index (χ3n) is 3.20. The molecule has 0 saturated carbocycles. The van der Waals surface area contributed by atoms with Crippen molar-refractivity contribution in [1.29, 1.82) is 5.26 Å². The van der Waals surface area contributed by atoms with Crippen molar-refractivity contribution < 1.29 is 0 Å². The lowest BCUT2D eigenvalue weighted by Gasteiger charge is -2.17. The molecule has 0 spiro atoms. The summed E-state index contributed by atoms with van der Waals surface area (Å²) in [7, 11) is 0. The molecule has 0 aliphatic rings. The molecule has 21 heavy (non-hydrogen) atoms. The molecule has 2 aromatic carbocycles. The van der Waals surface area contributed by atoms with E-state index in [0.29, 0.717) is 27.2 Å². The Morgan fingerprint density at radius 2 is 1.90 bits per heavy atom. The van der Waals surface area contributed by atoms with E-state index in [-0.39, 0.29) is 6.04 Å². The molecule has 1 N–H and O–H groups in total. The maximum absolute atomic E-state index is 8.90. The fraction of sp³-hybridized carbons (Fsp3) is 0.188. The van der Waals surface area contributed by atoms with Gasteiger partial charge in [-0.3, -0.25) is 0 Å². The minimum Gasteiger partial charge on any atom is -0.306 e. The van der Waals surface area contributed by atoms with E-state index in [1.807, 2.05) is 31.2 Å². The third-order valence-corrected chi connectivity index (χ3v) is 4.51. The van der Waals surface area contributed by atoms with Crippen LogP contribution in [0.5, 0.6) is 0 Å². The zero-order chi connectivity index (χ0) is 15.4. The predicted octanol–water partition coefficient (Wildman–Crippen LogP) is 5.37. The predicted molar refractivity (Wildman–Crippen MR) is 87.9 cm³/mol. The molecule has 0 fully saturated rings. The number of rotatable bonds is 4. The second-order valence-corrected chi connectivity index (χ2v) is 5.84. The van der Waals surface area contributed by atoms with E-state index in [2.05, 4.69) is 11.4 Å². The topological polar surface area (TPSA) is 35.8 Å². The van der Waals surface area contributed by atoms with Gasteiger partial charge in [0.2, 0.25) is 0 Å². The molecule has 1 unspecified atom stereocenters. The van der Waals surface area contributed by atoms with Gasteiger partial charge in [0, 0.05) is 12.6 Å². The highest BCUT2D eigenvalue weighted by Gasteiger charge is 2.14. The molecule has 0 saturated heterocycles. The number of nitrogens with one attached hydrogen (secondary N) is 1. The van der Waals surface area contributed by atoms with Crippen molar-refractivity contribution in [3.63, 3.8) is 0 Å². The molecule has 0 heterocycles. The van der Waals surface area contributed by atoms with E-state index in [4.69, 9.17) is 40.1 Å². The average Bonchev–Trinajstić information content (AvgIpc) is 2.50. The molecule has 1 atom stereocenters. The largest absolute Gasteiger partial charge is 0.306 e. The number of benzene rings is 2. The molecule has 0 aliphatic carbocycles. The summed E-state index contributed by atoms with van der Waals surface area (Å²) in [5, 5.41) is 13.5. The van der Waals surface area contributed by atoms with Crippen LogP contribution in [0.2, 0.25) is 15.1 Å². The Balaban J connectivity index is 2.10. The lowest BCUT2D eigenvalue weighted by atomic mass is 10.1. The second-order valence-electron chi connectivity index (χ2n) is 4.68. The molecule has 5 heteroatoms. The number of halogens is 3. The van der Waals surface area contributed by atoms with Crippen molar-refractivity contribution in [2.75, 3.05) is 0 Å². The molecule has 2 nitrogen and oxygen atoms in total. The first-order valence-corrected chi connectivity index (χ1v) is 7.52. The summed E-state index contributed by atoms with van der Waals surface area (Å²) >= 11 is 18.2. The standard InChI is InChI=1S/C16H13Cl3N2/c1-10(13-5-6-14(17)16(19)15(13)18)21-9-12-4-2-3-11(7-12)8-20/h2-7,10,21H,9H2,1H3. The van der Waals surface area contributed by atoms with Crippen LogP contribution in [0.15, 0.2) is 36.4 Å². The Hall–Kier alpha value is -1.24. The van der Waals surface area contributed by atoms with Crippen LogP contribution < -0.4 is 5.32 Å².